The standard InChI is InChI=1S/C17H24N4O4/c1-5-17(6-2)15(24)21(16(25)20-17)9-13(22)18-8-12-10(3)7-11(4)19-14(12)23/h7H,5-6,8-9H2,1-4H3,(H,18,22)(H,19,23)(H,20,25). The molecule has 0 atom stereocenters. The van der Waals surface area contributed by atoms with Crippen molar-refractivity contribution in [1.82, 2.24) is 20.5 Å². The summed E-state index contributed by atoms with van der Waals surface area (Å²) in [6, 6.07) is 1.25. The topological polar surface area (TPSA) is 111 Å². The van der Waals surface area contributed by atoms with E-state index in [1.807, 2.05) is 19.9 Å². The Morgan fingerprint density at radius 2 is 1.84 bits per heavy atom. The first-order chi connectivity index (χ1) is 11.7. The minimum Gasteiger partial charge on any atom is -0.350 e. The van der Waals surface area contributed by atoms with E-state index in [9.17, 15) is 19.2 Å². The number of hydrogen-bond donors (Lipinski definition) is 3. The molecule has 25 heavy (non-hydrogen) atoms. The van der Waals surface area contributed by atoms with Crippen molar-refractivity contribution in [1.29, 1.82) is 0 Å². The molecule has 0 bridgehead atoms. The highest BCUT2D eigenvalue weighted by Gasteiger charge is 2.49. The Labute approximate surface area is 146 Å². The van der Waals surface area contributed by atoms with Crippen molar-refractivity contribution < 1.29 is 14.4 Å². The first-order valence-electron chi connectivity index (χ1n) is 8.34. The largest absolute Gasteiger partial charge is 0.350 e. The van der Waals surface area contributed by atoms with E-state index >= 15 is 0 Å². The number of nitrogens with one attached hydrogen (secondary N) is 3. The molecule has 0 aromatic carbocycles. The third-order valence-electron chi connectivity index (χ3n) is 4.71. The van der Waals surface area contributed by atoms with Gasteiger partial charge in [0.2, 0.25) is 5.91 Å². The second kappa shape index (κ2) is 7.08. The van der Waals surface area contributed by atoms with E-state index in [0.717, 1.165) is 16.2 Å². The van der Waals surface area contributed by atoms with Crippen LogP contribution < -0.4 is 16.2 Å². The maximum absolute atomic E-state index is 12.5. The minimum atomic E-state index is -0.929. The summed E-state index contributed by atoms with van der Waals surface area (Å²) in [7, 11) is 0. The van der Waals surface area contributed by atoms with E-state index in [2.05, 4.69) is 15.6 Å². The third-order valence-corrected chi connectivity index (χ3v) is 4.71. The molecule has 1 saturated heterocycles. The summed E-state index contributed by atoms with van der Waals surface area (Å²) in [5.74, 6) is -0.882. The molecule has 1 aliphatic rings. The van der Waals surface area contributed by atoms with E-state index in [1.165, 1.54) is 0 Å². The van der Waals surface area contributed by atoms with Crippen LogP contribution in [0.25, 0.3) is 0 Å². The van der Waals surface area contributed by atoms with Gasteiger partial charge in [-0.15, -0.1) is 0 Å². The lowest BCUT2D eigenvalue weighted by molar-refractivity contribution is -0.135. The summed E-state index contributed by atoms with van der Waals surface area (Å²) in [5.41, 5.74) is 0.776. The van der Waals surface area contributed by atoms with E-state index in [1.54, 1.807) is 13.8 Å². The Kier molecular flexibility index (Phi) is 5.30. The molecular formula is C17H24N4O4. The molecule has 1 aliphatic heterocycles. The van der Waals surface area contributed by atoms with Crippen molar-refractivity contribution in [3.63, 3.8) is 0 Å². The zero-order valence-electron chi connectivity index (χ0n) is 15.0. The van der Waals surface area contributed by atoms with Gasteiger partial charge < -0.3 is 15.6 Å². The monoisotopic (exact) mass is 348 g/mol. The molecule has 0 unspecified atom stereocenters. The molecule has 1 aromatic rings. The smallest absolute Gasteiger partial charge is 0.325 e. The highest BCUT2D eigenvalue weighted by Crippen LogP contribution is 2.24. The number of nitrogens with zero attached hydrogens (tertiary/aromatic N) is 1. The van der Waals surface area contributed by atoms with E-state index in [-0.39, 0.29) is 24.6 Å². The van der Waals surface area contributed by atoms with E-state index in [0.29, 0.717) is 18.4 Å². The van der Waals surface area contributed by atoms with E-state index in [4.69, 9.17) is 0 Å². The molecule has 0 aliphatic carbocycles. The van der Waals surface area contributed by atoms with Gasteiger partial charge in [0, 0.05) is 17.8 Å². The molecule has 3 N–H and O–H groups in total. The Bertz CT molecular complexity index is 764. The van der Waals surface area contributed by atoms with Crippen LogP contribution in [0.3, 0.4) is 0 Å². The number of aryl methyl sites for hydroxylation is 2. The van der Waals surface area contributed by atoms with Gasteiger partial charge in [-0.25, -0.2) is 4.79 Å². The van der Waals surface area contributed by atoms with Gasteiger partial charge in [-0.05, 0) is 38.3 Å². The van der Waals surface area contributed by atoms with Crippen LogP contribution in [0, 0.1) is 13.8 Å². The number of hydrogen-bond acceptors (Lipinski definition) is 4. The quantitative estimate of drug-likeness (QED) is 0.658. The van der Waals surface area contributed by atoms with Crippen LogP contribution in [0.15, 0.2) is 10.9 Å². The predicted molar refractivity (Wildman–Crippen MR) is 91.9 cm³/mol. The van der Waals surface area contributed by atoms with Gasteiger partial charge in [-0.2, -0.15) is 0 Å². The first kappa shape index (κ1) is 18.7. The van der Waals surface area contributed by atoms with Crippen LogP contribution >= 0.6 is 0 Å². The fourth-order valence-corrected chi connectivity index (χ4v) is 3.04. The maximum Gasteiger partial charge on any atom is 0.325 e. The maximum atomic E-state index is 12.5. The van der Waals surface area contributed by atoms with Crippen molar-refractivity contribution in [3.8, 4) is 0 Å². The molecule has 0 radical (unpaired) electrons. The van der Waals surface area contributed by atoms with Crippen molar-refractivity contribution in [2.24, 2.45) is 0 Å². The molecule has 0 saturated carbocycles. The molecule has 8 heteroatoms. The van der Waals surface area contributed by atoms with Gasteiger partial charge in [0.15, 0.2) is 0 Å². The molecule has 4 amide bonds. The molecule has 8 nitrogen and oxygen atoms in total. The molecule has 136 valence electrons. The van der Waals surface area contributed by atoms with Crippen molar-refractivity contribution in [2.75, 3.05) is 6.54 Å². The lowest BCUT2D eigenvalue weighted by atomic mass is 9.93. The lowest BCUT2D eigenvalue weighted by Gasteiger charge is -2.23. The molecular weight excluding hydrogens is 324 g/mol. The second-order valence-corrected chi connectivity index (χ2v) is 6.33. The summed E-state index contributed by atoms with van der Waals surface area (Å²) >= 11 is 0. The number of amides is 4. The SMILES string of the molecule is CCC1(CC)NC(=O)N(CC(=O)NCc2c(C)cc(C)[nH]c2=O)C1=O. The highest BCUT2D eigenvalue weighted by molar-refractivity contribution is 6.08. The van der Waals surface area contributed by atoms with Gasteiger partial charge in [0.05, 0.1) is 0 Å². The fourth-order valence-electron chi connectivity index (χ4n) is 3.04. The minimum absolute atomic E-state index is 0.0383. The lowest BCUT2D eigenvalue weighted by Crippen LogP contribution is -2.46. The zero-order valence-corrected chi connectivity index (χ0v) is 15.0. The van der Waals surface area contributed by atoms with Crippen LogP contribution in [0.5, 0.6) is 0 Å². The number of urea groups is 1. The number of H-pyrrole nitrogens is 1. The van der Waals surface area contributed by atoms with Gasteiger partial charge in [-0.3, -0.25) is 19.3 Å². The average Bonchev–Trinajstić information content (AvgIpc) is 2.78. The van der Waals surface area contributed by atoms with Crippen LogP contribution in [0.2, 0.25) is 0 Å². The Balaban J connectivity index is 2.03. The molecule has 2 heterocycles. The average molecular weight is 348 g/mol. The van der Waals surface area contributed by atoms with Crippen LogP contribution in [-0.4, -0.2) is 39.8 Å². The Morgan fingerprint density at radius 1 is 1.20 bits per heavy atom. The summed E-state index contributed by atoms with van der Waals surface area (Å²) in [5, 5.41) is 5.27. The van der Waals surface area contributed by atoms with Gasteiger partial charge >= 0.3 is 6.03 Å². The number of imide groups is 1. The predicted octanol–water partition coefficient (Wildman–Crippen LogP) is 0.719. The van der Waals surface area contributed by atoms with E-state index < -0.39 is 17.5 Å². The molecule has 2 rings (SSSR count). The number of carbonyl (C=O) groups is 3. The van der Waals surface area contributed by atoms with Crippen LogP contribution in [-0.2, 0) is 16.1 Å². The molecule has 0 spiro atoms. The summed E-state index contributed by atoms with van der Waals surface area (Å²) < 4.78 is 0. The van der Waals surface area contributed by atoms with Crippen molar-refractivity contribution in [3.05, 3.63) is 33.2 Å². The van der Waals surface area contributed by atoms with Gasteiger partial charge in [0.1, 0.15) is 12.1 Å². The Morgan fingerprint density at radius 3 is 2.36 bits per heavy atom. The number of carbonyl (C=O) groups excluding carboxylic acids is 3. The number of aromatic nitrogens is 1. The van der Waals surface area contributed by atoms with Crippen LogP contribution in [0.1, 0.15) is 43.5 Å². The number of rotatable bonds is 6. The summed E-state index contributed by atoms with van der Waals surface area (Å²) in [6.07, 6.45) is 0.925. The molecule has 1 fully saturated rings. The van der Waals surface area contributed by atoms with Gasteiger partial charge in [-0.1, -0.05) is 13.8 Å². The third kappa shape index (κ3) is 3.57. The zero-order chi connectivity index (χ0) is 18.8. The number of pyridine rings is 1. The van der Waals surface area contributed by atoms with Crippen molar-refractivity contribution in [2.45, 2.75) is 52.6 Å². The normalized spacial score (nSPS) is 16.1. The number of aromatic amines is 1. The fraction of sp³-hybridized carbons (Fsp3) is 0.529. The highest BCUT2D eigenvalue weighted by atomic mass is 16.2. The molecule has 1 aromatic heterocycles. The van der Waals surface area contributed by atoms with Crippen LogP contribution in [0.4, 0.5) is 4.79 Å². The Hall–Kier alpha value is -2.64. The second-order valence-electron chi connectivity index (χ2n) is 6.33. The van der Waals surface area contributed by atoms with Crippen molar-refractivity contribution >= 4 is 17.8 Å². The summed E-state index contributed by atoms with van der Waals surface area (Å²) in [6.45, 7) is 6.88. The first-order valence-corrected chi connectivity index (χ1v) is 8.34. The summed E-state index contributed by atoms with van der Waals surface area (Å²) in [4.78, 5) is 52.2. The van der Waals surface area contributed by atoms with Gasteiger partial charge in [0.25, 0.3) is 11.5 Å².